The number of para-hydroxylation sites is 1. The molecule has 1 aliphatic rings. The van der Waals surface area contributed by atoms with Crippen LogP contribution in [-0.2, 0) is 0 Å². The second-order valence-electron chi connectivity index (χ2n) is 4.67. The van der Waals surface area contributed by atoms with Crippen LogP contribution in [0.2, 0.25) is 0 Å². The second kappa shape index (κ2) is 4.46. The first kappa shape index (κ1) is 11.3. The Kier molecular flexibility index (Phi) is 2.80. The highest BCUT2D eigenvalue weighted by atomic mass is 16.4. The molecule has 0 radical (unpaired) electrons. The highest BCUT2D eigenvalue weighted by molar-refractivity contribution is 5.90. The molecule has 2 heterocycles. The number of aliphatic hydroxyl groups excluding tert-OH is 1. The van der Waals surface area contributed by atoms with E-state index < -0.39 is 0 Å². The largest absolute Gasteiger partial charge is 0.423 e. The van der Waals surface area contributed by atoms with Gasteiger partial charge in [0.05, 0.1) is 11.8 Å². The zero-order valence-electron chi connectivity index (χ0n) is 10.0. The second-order valence-corrected chi connectivity index (χ2v) is 4.67. The fourth-order valence-corrected chi connectivity index (χ4v) is 2.46. The molecule has 1 aromatic heterocycles. The Morgan fingerprint density at radius 2 is 1.94 bits per heavy atom. The number of hydrogen-bond acceptors (Lipinski definition) is 4. The smallest absolute Gasteiger partial charge is 0.338 e. The van der Waals surface area contributed by atoms with E-state index in [2.05, 4.69) is 4.90 Å². The van der Waals surface area contributed by atoms with Crippen LogP contribution in [-0.4, -0.2) is 24.3 Å². The normalized spacial score (nSPS) is 17.3. The molecule has 0 bridgehead atoms. The highest BCUT2D eigenvalue weighted by Gasteiger charge is 2.19. The standard InChI is InChI=1S/C14H15NO3/c16-10-5-7-15(8-6-10)12-9-14(17)18-13-4-2-1-3-11(12)13/h1-4,9-10,16H,5-8H2. The van der Waals surface area contributed by atoms with Crippen molar-refractivity contribution >= 4 is 16.7 Å². The van der Waals surface area contributed by atoms with Gasteiger partial charge < -0.3 is 14.4 Å². The van der Waals surface area contributed by atoms with Crippen molar-refractivity contribution in [3.63, 3.8) is 0 Å². The van der Waals surface area contributed by atoms with Gasteiger partial charge in [-0.05, 0) is 25.0 Å². The average Bonchev–Trinajstić information content (AvgIpc) is 2.38. The summed E-state index contributed by atoms with van der Waals surface area (Å²) in [6.45, 7) is 1.54. The van der Waals surface area contributed by atoms with Gasteiger partial charge in [0.15, 0.2) is 0 Å². The van der Waals surface area contributed by atoms with Crippen molar-refractivity contribution in [2.24, 2.45) is 0 Å². The fourth-order valence-electron chi connectivity index (χ4n) is 2.46. The number of benzene rings is 1. The third-order valence-corrected chi connectivity index (χ3v) is 3.43. The summed E-state index contributed by atoms with van der Waals surface area (Å²) < 4.78 is 5.18. The summed E-state index contributed by atoms with van der Waals surface area (Å²) in [7, 11) is 0. The zero-order valence-corrected chi connectivity index (χ0v) is 10.0. The Labute approximate surface area is 104 Å². The van der Waals surface area contributed by atoms with Gasteiger partial charge in [0.25, 0.3) is 0 Å². The summed E-state index contributed by atoms with van der Waals surface area (Å²) in [4.78, 5) is 13.7. The van der Waals surface area contributed by atoms with Gasteiger partial charge in [0, 0.05) is 24.5 Å². The van der Waals surface area contributed by atoms with E-state index in [1.165, 1.54) is 0 Å². The van der Waals surface area contributed by atoms with Crippen LogP contribution in [0.25, 0.3) is 11.0 Å². The molecule has 0 aliphatic carbocycles. The zero-order chi connectivity index (χ0) is 12.5. The van der Waals surface area contributed by atoms with Gasteiger partial charge in [-0.2, -0.15) is 0 Å². The third-order valence-electron chi connectivity index (χ3n) is 3.43. The van der Waals surface area contributed by atoms with E-state index in [1.54, 1.807) is 12.1 Å². The predicted molar refractivity (Wildman–Crippen MR) is 69.9 cm³/mol. The van der Waals surface area contributed by atoms with Crippen LogP contribution >= 0.6 is 0 Å². The Morgan fingerprint density at radius 3 is 2.72 bits per heavy atom. The van der Waals surface area contributed by atoms with E-state index in [9.17, 15) is 9.90 Å². The lowest BCUT2D eigenvalue weighted by atomic mass is 10.1. The van der Waals surface area contributed by atoms with Gasteiger partial charge in [0.2, 0.25) is 0 Å². The third kappa shape index (κ3) is 1.99. The molecule has 3 rings (SSSR count). The minimum Gasteiger partial charge on any atom is -0.423 e. The highest BCUT2D eigenvalue weighted by Crippen LogP contribution is 2.27. The molecule has 1 saturated heterocycles. The maximum Gasteiger partial charge on any atom is 0.338 e. The van der Waals surface area contributed by atoms with Crippen LogP contribution in [0.15, 0.2) is 39.5 Å². The molecule has 94 valence electrons. The molecule has 4 heteroatoms. The van der Waals surface area contributed by atoms with E-state index in [0.29, 0.717) is 5.58 Å². The number of fused-ring (bicyclic) bond motifs is 1. The number of nitrogens with zero attached hydrogens (tertiary/aromatic N) is 1. The molecule has 1 fully saturated rings. The molecular formula is C14H15NO3. The van der Waals surface area contributed by atoms with Gasteiger partial charge in [-0.15, -0.1) is 0 Å². The quantitative estimate of drug-likeness (QED) is 0.778. The number of rotatable bonds is 1. The Hall–Kier alpha value is -1.81. The maximum atomic E-state index is 11.6. The van der Waals surface area contributed by atoms with Crippen molar-refractivity contribution < 1.29 is 9.52 Å². The van der Waals surface area contributed by atoms with E-state index in [1.807, 2.05) is 18.2 Å². The molecule has 0 spiro atoms. The molecule has 0 saturated carbocycles. The molecule has 0 atom stereocenters. The van der Waals surface area contributed by atoms with Crippen molar-refractivity contribution in [2.45, 2.75) is 18.9 Å². The number of aliphatic hydroxyl groups is 1. The van der Waals surface area contributed by atoms with Crippen molar-refractivity contribution in [3.05, 3.63) is 40.8 Å². The van der Waals surface area contributed by atoms with E-state index in [0.717, 1.165) is 37.0 Å². The first-order valence-electron chi connectivity index (χ1n) is 6.20. The number of anilines is 1. The maximum absolute atomic E-state index is 11.6. The van der Waals surface area contributed by atoms with Crippen molar-refractivity contribution in [2.75, 3.05) is 18.0 Å². The van der Waals surface area contributed by atoms with Crippen molar-refractivity contribution in [3.8, 4) is 0 Å². The lowest BCUT2D eigenvalue weighted by molar-refractivity contribution is 0.145. The summed E-state index contributed by atoms with van der Waals surface area (Å²) in [6, 6.07) is 9.09. The molecule has 4 nitrogen and oxygen atoms in total. The summed E-state index contributed by atoms with van der Waals surface area (Å²) in [5.74, 6) is 0. The molecule has 1 aliphatic heterocycles. The Morgan fingerprint density at radius 1 is 1.22 bits per heavy atom. The van der Waals surface area contributed by atoms with Crippen LogP contribution in [0.3, 0.4) is 0 Å². The number of piperidine rings is 1. The van der Waals surface area contributed by atoms with Crippen LogP contribution in [0.5, 0.6) is 0 Å². The number of hydrogen-bond donors (Lipinski definition) is 1. The van der Waals surface area contributed by atoms with Crippen LogP contribution < -0.4 is 10.5 Å². The van der Waals surface area contributed by atoms with Gasteiger partial charge in [0.1, 0.15) is 5.58 Å². The molecule has 0 amide bonds. The van der Waals surface area contributed by atoms with E-state index in [-0.39, 0.29) is 11.7 Å². The van der Waals surface area contributed by atoms with Crippen LogP contribution in [0.4, 0.5) is 5.69 Å². The van der Waals surface area contributed by atoms with Crippen LogP contribution in [0.1, 0.15) is 12.8 Å². The molecule has 2 aromatic rings. The minimum absolute atomic E-state index is 0.215. The molecule has 0 unspecified atom stereocenters. The molecule has 1 N–H and O–H groups in total. The lowest BCUT2D eigenvalue weighted by Crippen LogP contribution is -2.36. The molecule has 1 aromatic carbocycles. The van der Waals surface area contributed by atoms with Crippen molar-refractivity contribution in [1.29, 1.82) is 0 Å². The van der Waals surface area contributed by atoms with Gasteiger partial charge in [-0.1, -0.05) is 12.1 Å². The first-order chi connectivity index (χ1) is 8.74. The fraction of sp³-hybridized carbons (Fsp3) is 0.357. The van der Waals surface area contributed by atoms with Crippen molar-refractivity contribution in [1.82, 2.24) is 0 Å². The molecular weight excluding hydrogens is 230 g/mol. The average molecular weight is 245 g/mol. The van der Waals surface area contributed by atoms with E-state index >= 15 is 0 Å². The summed E-state index contributed by atoms with van der Waals surface area (Å²) in [5, 5.41) is 10.5. The Balaban J connectivity index is 2.08. The topological polar surface area (TPSA) is 53.7 Å². The predicted octanol–water partition coefficient (Wildman–Crippen LogP) is 1.75. The van der Waals surface area contributed by atoms with Gasteiger partial charge in [-0.3, -0.25) is 0 Å². The SMILES string of the molecule is O=c1cc(N2CCC(O)CC2)c2ccccc2o1. The first-order valence-corrected chi connectivity index (χ1v) is 6.20. The Bertz CT molecular complexity index is 612. The van der Waals surface area contributed by atoms with Gasteiger partial charge in [-0.25, -0.2) is 4.79 Å². The van der Waals surface area contributed by atoms with E-state index in [4.69, 9.17) is 4.42 Å². The molecule has 18 heavy (non-hydrogen) atoms. The lowest BCUT2D eigenvalue weighted by Gasteiger charge is -2.31. The minimum atomic E-state index is -0.324. The monoisotopic (exact) mass is 245 g/mol. The summed E-state index contributed by atoms with van der Waals surface area (Å²) >= 11 is 0. The van der Waals surface area contributed by atoms with Crippen LogP contribution in [0, 0.1) is 0 Å². The summed E-state index contributed by atoms with van der Waals surface area (Å²) in [5.41, 5.74) is 1.20. The van der Waals surface area contributed by atoms with Gasteiger partial charge >= 0.3 is 5.63 Å². The summed E-state index contributed by atoms with van der Waals surface area (Å²) in [6.07, 6.45) is 1.27.